The lowest BCUT2D eigenvalue weighted by atomic mass is 10.1. The Balaban J connectivity index is 1.83. The highest BCUT2D eigenvalue weighted by molar-refractivity contribution is 5.77. The van der Waals surface area contributed by atoms with Gasteiger partial charge in [0.15, 0.2) is 5.65 Å². The van der Waals surface area contributed by atoms with Crippen LogP contribution in [0.4, 0.5) is 13.2 Å². The van der Waals surface area contributed by atoms with Gasteiger partial charge in [0, 0.05) is 17.8 Å². The molecule has 1 aliphatic rings. The Kier molecular flexibility index (Phi) is 3.86. The summed E-state index contributed by atoms with van der Waals surface area (Å²) in [6, 6.07) is 10.0. The number of hydrogen-bond acceptors (Lipinski definition) is 3. The van der Waals surface area contributed by atoms with Gasteiger partial charge in [0.25, 0.3) is 0 Å². The van der Waals surface area contributed by atoms with Crippen LogP contribution in [0.5, 0.6) is 5.75 Å². The van der Waals surface area contributed by atoms with Crippen molar-refractivity contribution in [3.8, 4) is 17.1 Å². The van der Waals surface area contributed by atoms with Crippen LogP contribution >= 0.6 is 0 Å². The van der Waals surface area contributed by atoms with Crippen molar-refractivity contribution >= 4 is 11.2 Å². The van der Waals surface area contributed by atoms with Gasteiger partial charge in [-0.3, -0.25) is 0 Å². The van der Waals surface area contributed by atoms with Crippen LogP contribution in [0.25, 0.3) is 22.6 Å². The Labute approximate surface area is 142 Å². The van der Waals surface area contributed by atoms with E-state index in [0.717, 1.165) is 31.2 Å². The highest BCUT2D eigenvalue weighted by Crippen LogP contribution is 2.37. The van der Waals surface area contributed by atoms with Gasteiger partial charge in [0.1, 0.15) is 11.6 Å². The van der Waals surface area contributed by atoms with Crippen molar-refractivity contribution in [2.75, 3.05) is 0 Å². The summed E-state index contributed by atoms with van der Waals surface area (Å²) in [5, 5.41) is 0. The van der Waals surface area contributed by atoms with E-state index in [4.69, 9.17) is 0 Å². The summed E-state index contributed by atoms with van der Waals surface area (Å²) in [6.45, 7) is 0. The summed E-state index contributed by atoms with van der Waals surface area (Å²) in [7, 11) is 0. The Morgan fingerprint density at radius 1 is 1.08 bits per heavy atom. The summed E-state index contributed by atoms with van der Waals surface area (Å²) >= 11 is 0. The minimum absolute atomic E-state index is 0.247. The minimum Gasteiger partial charge on any atom is -0.406 e. The number of alkyl halides is 3. The first-order valence-electron chi connectivity index (χ1n) is 8.20. The van der Waals surface area contributed by atoms with Gasteiger partial charge in [0.05, 0.1) is 5.52 Å². The maximum absolute atomic E-state index is 12.5. The molecule has 1 fully saturated rings. The zero-order valence-electron chi connectivity index (χ0n) is 13.3. The molecule has 0 radical (unpaired) electrons. The number of pyridine rings is 1. The van der Waals surface area contributed by atoms with Gasteiger partial charge in [-0.05, 0) is 37.1 Å². The van der Waals surface area contributed by atoms with Gasteiger partial charge in [-0.25, -0.2) is 9.97 Å². The fraction of sp³-hybridized carbons (Fsp3) is 0.333. The summed E-state index contributed by atoms with van der Waals surface area (Å²) in [4.78, 5) is 8.88. The van der Waals surface area contributed by atoms with Crippen molar-refractivity contribution < 1.29 is 17.9 Å². The lowest BCUT2D eigenvalue weighted by molar-refractivity contribution is -0.274. The van der Waals surface area contributed by atoms with E-state index in [0.29, 0.717) is 17.0 Å². The number of imidazole rings is 1. The molecule has 3 aromatic rings. The van der Waals surface area contributed by atoms with Gasteiger partial charge in [-0.1, -0.05) is 25.0 Å². The van der Waals surface area contributed by atoms with Crippen LogP contribution in [0.15, 0.2) is 42.6 Å². The first kappa shape index (κ1) is 15.9. The number of aromatic nitrogens is 3. The fourth-order valence-corrected chi connectivity index (χ4v) is 3.50. The molecule has 1 aliphatic carbocycles. The molecular formula is C18H16F3N3O. The van der Waals surface area contributed by atoms with Gasteiger partial charge in [-0.2, -0.15) is 0 Å². The predicted molar refractivity (Wildman–Crippen MR) is 87.2 cm³/mol. The maximum atomic E-state index is 12.5. The third-order valence-electron chi connectivity index (χ3n) is 4.48. The number of hydrogen-bond donors (Lipinski definition) is 0. The minimum atomic E-state index is -4.72. The number of fused-ring (bicyclic) bond motifs is 1. The molecule has 1 saturated carbocycles. The Morgan fingerprint density at radius 3 is 2.64 bits per heavy atom. The van der Waals surface area contributed by atoms with E-state index in [1.807, 2.05) is 12.1 Å². The van der Waals surface area contributed by atoms with Crippen LogP contribution in [0.3, 0.4) is 0 Å². The predicted octanol–water partition coefficient (Wildman–Crippen LogP) is 5.11. The van der Waals surface area contributed by atoms with E-state index in [2.05, 4.69) is 19.3 Å². The quantitative estimate of drug-likeness (QED) is 0.661. The molecule has 4 rings (SSSR count). The standard InChI is InChI=1S/C18H16F3N3O/c19-18(20,21)25-14-8-3-5-12(11-14)17-23-16-15(9-4-10-22-16)24(17)13-6-1-2-7-13/h3-5,8-11,13H,1-2,6-7H2. The van der Waals surface area contributed by atoms with Crippen LogP contribution in [-0.2, 0) is 0 Å². The molecule has 2 aromatic heterocycles. The molecule has 2 heterocycles. The number of nitrogens with zero attached hydrogens (tertiary/aromatic N) is 3. The normalized spacial score (nSPS) is 15.8. The second kappa shape index (κ2) is 6.06. The first-order chi connectivity index (χ1) is 12.0. The highest BCUT2D eigenvalue weighted by atomic mass is 19.4. The van der Waals surface area contributed by atoms with Crippen molar-refractivity contribution in [2.24, 2.45) is 0 Å². The molecule has 0 spiro atoms. The summed E-state index contributed by atoms with van der Waals surface area (Å²) in [5.74, 6) is 0.385. The van der Waals surface area contributed by atoms with E-state index in [1.165, 1.54) is 12.1 Å². The van der Waals surface area contributed by atoms with Crippen LogP contribution in [0.1, 0.15) is 31.7 Å². The molecule has 0 atom stereocenters. The SMILES string of the molecule is FC(F)(F)Oc1cccc(-c2nc3ncccc3n2C2CCCC2)c1. The highest BCUT2D eigenvalue weighted by Gasteiger charge is 2.31. The average molecular weight is 347 g/mol. The van der Waals surface area contributed by atoms with Crippen LogP contribution in [-0.4, -0.2) is 20.9 Å². The number of rotatable bonds is 3. The number of benzene rings is 1. The smallest absolute Gasteiger partial charge is 0.406 e. The molecule has 0 saturated heterocycles. The average Bonchev–Trinajstić information content (AvgIpc) is 3.20. The van der Waals surface area contributed by atoms with Crippen molar-refractivity contribution in [1.82, 2.24) is 14.5 Å². The van der Waals surface area contributed by atoms with Crippen LogP contribution in [0.2, 0.25) is 0 Å². The van der Waals surface area contributed by atoms with Gasteiger partial charge in [0.2, 0.25) is 0 Å². The van der Waals surface area contributed by atoms with E-state index >= 15 is 0 Å². The summed E-state index contributed by atoms with van der Waals surface area (Å²) in [6.07, 6.45) is 1.30. The van der Waals surface area contributed by atoms with Gasteiger partial charge >= 0.3 is 6.36 Å². The van der Waals surface area contributed by atoms with E-state index in [9.17, 15) is 13.2 Å². The number of ether oxygens (including phenoxy) is 1. The maximum Gasteiger partial charge on any atom is 0.573 e. The van der Waals surface area contributed by atoms with E-state index < -0.39 is 6.36 Å². The molecule has 25 heavy (non-hydrogen) atoms. The lowest BCUT2D eigenvalue weighted by Gasteiger charge is -2.17. The number of halogens is 3. The lowest BCUT2D eigenvalue weighted by Crippen LogP contribution is -2.17. The van der Waals surface area contributed by atoms with Gasteiger partial charge in [-0.15, -0.1) is 13.2 Å². The molecule has 0 N–H and O–H groups in total. The first-order valence-corrected chi connectivity index (χ1v) is 8.20. The Bertz CT molecular complexity index is 898. The third-order valence-corrected chi connectivity index (χ3v) is 4.48. The molecule has 7 heteroatoms. The van der Waals surface area contributed by atoms with Crippen molar-refractivity contribution in [3.63, 3.8) is 0 Å². The second-order valence-electron chi connectivity index (χ2n) is 6.17. The topological polar surface area (TPSA) is 39.9 Å². The largest absolute Gasteiger partial charge is 0.573 e. The molecule has 0 unspecified atom stereocenters. The Hall–Kier alpha value is -2.57. The van der Waals surface area contributed by atoms with Gasteiger partial charge < -0.3 is 9.30 Å². The van der Waals surface area contributed by atoms with E-state index in [-0.39, 0.29) is 11.8 Å². The molecule has 130 valence electrons. The fourth-order valence-electron chi connectivity index (χ4n) is 3.50. The summed E-state index contributed by atoms with van der Waals surface area (Å²) < 4.78 is 43.7. The zero-order chi connectivity index (χ0) is 17.4. The van der Waals surface area contributed by atoms with Crippen molar-refractivity contribution in [3.05, 3.63) is 42.6 Å². The molecule has 4 nitrogen and oxygen atoms in total. The molecule has 0 aliphatic heterocycles. The molecular weight excluding hydrogens is 331 g/mol. The Morgan fingerprint density at radius 2 is 1.88 bits per heavy atom. The summed E-state index contributed by atoms with van der Waals surface area (Å²) in [5.41, 5.74) is 2.10. The molecule has 1 aromatic carbocycles. The second-order valence-corrected chi connectivity index (χ2v) is 6.17. The van der Waals surface area contributed by atoms with Crippen LogP contribution in [0, 0.1) is 0 Å². The van der Waals surface area contributed by atoms with Crippen molar-refractivity contribution in [2.45, 2.75) is 38.1 Å². The molecule has 0 amide bonds. The van der Waals surface area contributed by atoms with Crippen LogP contribution < -0.4 is 4.74 Å². The molecule has 0 bridgehead atoms. The van der Waals surface area contributed by atoms with Crippen molar-refractivity contribution in [1.29, 1.82) is 0 Å². The third kappa shape index (κ3) is 3.18. The van der Waals surface area contributed by atoms with E-state index in [1.54, 1.807) is 18.3 Å². The monoisotopic (exact) mass is 347 g/mol. The zero-order valence-corrected chi connectivity index (χ0v) is 13.3.